The molecule has 4 rings (SSSR count). The Labute approximate surface area is 198 Å². The van der Waals surface area contributed by atoms with Gasteiger partial charge in [-0.15, -0.1) is 0 Å². The maximum atomic E-state index is 12.3. The summed E-state index contributed by atoms with van der Waals surface area (Å²) in [7, 11) is 0. The molecule has 176 valence electrons. The number of hydrazine groups is 1. The summed E-state index contributed by atoms with van der Waals surface area (Å²) in [6.45, 7) is 2.07. The van der Waals surface area contributed by atoms with E-state index in [4.69, 9.17) is 0 Å². The van der Waals surface area contributed by atoms with Gasteiger partial charge in [0, 0.05) is 25.6 Å². The third-order valence-corrected chi connectivity index (χ3v) is 6.20. The van der Waals surface area contributed by atoms with Gasteiger partial charge in [0.25, 0.3) is 0 Å². The van der Waals surface area contributed by atoms with Crippen molar-refractivity contribution < 1.29 is 19.8 Å². The second-order valence-electron chi connectivity index (χ2n) is 8.53. The SMILES string of the molecule is CC(=O)NC1=C(Cc2ccccc2)C(c2ccc(O)cc2)N(C#N)N1[C@@H]1CCCN(C(=O)O)C1. The van der Waals surface area contributed by atoms with Gasteiger partial charge in [-0.2, -0.15) is 5.26 Å². The summed E-state index contributed by atoms with van der Waals surface area (Å²) < 4.78 is 0. The molecule has 2 aliphatic rings. The minimum absolute atomic E-state index is 0.113. The van der Waals surface area contributed by atoms with Crippen molar-refractivity contribution in [2.45, 2.75) is 38.3 Å². The Bertz CT molecular complexity index is 1130. The zero-order chi connectivity index (χ0) is 24.2. The number of phenols is 1. The van der Waals surface area contributed by atoms with E-state index < -0.39 is 12.1 Å². The fourth-order valence-electron chi connectivity index (χ4n) is 4.75. The second kappa shape index (κ2) is 9.75. The number of carbonyl (C=O) groups excluding carboxylic acids is 1. The standard InChI is InChI=1S/C25H27N5O4/c1-17(31)27-24-22(14-18-6-3-2-4-7-18)23(19-9-11-21(32)12-10-19)29(16-26)30(24)20-8-5-13-28(15-20)25(33)34/h2-4,6-7,9-12,20,23,32H,5,8,13-15H2,1H3,(H,27,31)(H,33,34)/t20-,23?/m1/s1. The van der Waals surface area contributed by atoms with Crippen molar-refractivity contribution in [1.82, 2.24) is 20.2 Å². The monoisotopic (exact) mass is 461 g/mol. The van der Waals surface area contributed by atoms with Crippen LogP contribution in [0.3, 0.4) is 0 Å². The lowest BCUT2D eigenvalue weighted by atomic mass is 9.93. The average molecular weight is 462 g/mol. The van der Waals surface area contributed by atoms with Crippen LogP contribution >= 0.6 is 0 Å². The minimum atomic E-state index is -1.00. The summed E-state index contributed by atoms with van der Waals surface area (Å²) in [5, 5.41) is 35.9. The molecule has 1 saturated heterocycles. The van der Waals surface area contributed by atoms with E-state index in [1.54, 1.807) is 29.3 Å². The highest BCUT2D eigenvalue weighted by atomic mass is 16.4. The number of carbonyl (C=O) groups is 2. The zero-order valence-electron chi connectivity index (χ0n) is 18.9. The van der Waals surface area contributed by atoms with Crippen LogP contribution in [0.4, 0.5) is 4.79 Å². The Morgan fingerprint density at radius 1 is 1.15 bits per heavy atom. The lowest BCUT2D eigenvalue weighted by Crippen LogP contribution is -2.54. The Kier molecular flexibility index (Phi) is 6.59. The molecule has 0 bridgehead atoms. The first kappa shape index (κ1) is 23.0. The average Bonchev–Trinajstić information content (AvgIpc) is 3.12. The quantitative estimate of drug-likeness (QED) is 0.585. The fraction of sp³-hybridized carbons (Fsp3) is 0.320. The first-order valence-corrected chi connectivity index (χ1v) is 11.2. The number of piperidine rings is 1. The molecule has 0 aromatic heterocycles. The van der Waals surface area contributed by atoms with Gasteiger partial charge in [0.1, 0.15) is 17.6 Å². The van der Waals surface area contributed by atoms with Crippen LogP contribution in [0.15, 0.2) is 66.0 Å². The van der Waals surface area contributed by atoms with Crippen LogP contribution in [0.25, 0.3) is 0 Å². The lowest BCUT2D eigenvalue weighted by molar-refractivity contribution is -0.119. The molecule has 0 saturated carbocycles. The van der Waals surface area contributed by atoms with Crippen molar-refractivity contribution in [3.8, 4) is 11.9 Å². The van der Waals surface area contributed by atoms with Crippen molar-refractivity contribution >= 4 is 12.0 Å². The number of hydrogen-bond donors (Lipinski definition) is 3. The first-order valence-electron chi connectivity index (χ1n) is 11.2. The Morgan fingerprint density at radius 3 is 2.47 bits per heavy atom. The molecule has 2 aliphatic heterocycles. The lowest BCUT2D eigenvalue weighted by Gasteiger charge is -2.41. The van der Waals surface area contributed by atoms with Gasteiger partial charge < -0.3 is 20.4 Å². The highest BCUT2D eigenvalue weighted by molar-refractivity contribution is 5.75. The van der Waals surface area contributed by atoms with Crippen molar-refractivity contribution in [2.24, 2.45) is 0 Å². The zero-order valence-corrected chi connectivity index (χ0v) is 18.9. The molecule has 9 heteroatoms. The highest BCUT2D eigenvalue weighted by Crippen LogP contribution is 2.43. The van der Waals surface area contributed by atoms with Crippen molar-refractivity contribution in [3.05, 3.63) is 77.1 Å². The minimum Gasteiger partial charge on any atom is -0.508 e. The molecule has 2 amide bonds. The van der Waals surface area contributed by atoms with E-state index in [1.165, 1.54) is 16.8 Å². The molecule has 2 aromatic rings. The predicted molar refractivity (Wildman–Crippen MR) is 124 cm³/mol. The van der Waals surface area contributed by atoms with E-state index in [2.05, 4.69) is 11.5 Å². The van der Waals surface area contributed by atoms with Gasteiger partial charge in [-0.1, -0.05) is 42.5 Å². The molecule has 1 fully saturated rings. The van der Waals surface area contributed by atoms with E-state index >= 15 is 0 Å². The normalized spacial score (nSPS) is 20.3. The summed E-state index contributed by atoms with van der Waals surface area (Å²) >= 11 is 0. The Morgan fingerprint density at radius 2 is 1.85 bits per heavy atom. The second-order valence-corrected chi connectivity index (χ2v) is 8.53. The molecule has 34 heavy (non-hydrogen) atoms. The number of rotatable bonds is 5. The van der Waals surface area contributed by atoms with Crippen molar-refractivity contribution in [1.29, 1.82) is 5.26 Å². The van der Waals surface area contributed by atoms with E-state index in [1.807, 2.05) is 30.3 Å². The number of nitrogens with zero attached hydrogens (tertiary/aromatic N) is 4. The summed E-state index contributed by atoms with van der Waals surface area (Å²) in [5.41, 5.74) is 2.61. The number of likely N-dealkylation sites (tertiary alicyclic amines) is 1. The molecule has 3 N–H and O–H groups in total. The van der Waals surface area contributed by atoms with E-state index in [0.29, 0.717) is 31.6 Å². The number of nitrogens with one attached hydrogen (secondary N) is 1. The maximum Gasteiger partial charge on any atom is 0.407 e. The van der Waals surface area contributed by atoms with Gasteiger partial charge in [-0.05, 0) is 42.5 Å². The van der Waals surface area contributed by atoms with Crippen LogP contribution in [-0.2, 0) is 11.2 Å². The Balaban J connectivity index is 1.84. The molecular formula is C25H27N5O4. The van der Waals surface area contributed by atoms with Gasteiger partial charge >= 0.3 is 6.09 Å². The third-order valence-electron chi connectivity index (χ3n) is 6.20. The number of hydrogen-bond acceptors (Lipinski definition) is 6. The van der Waals surface area contributed by atoms with Crippen LogP contribution in [0, 0.1) is 11.5 Å². The topological polar surface area (TPSA) is 120 Å². The molecule has 0 aliphatic carbocycles. The number of carboxylic acid groups (broad SMARTS) is 1. The molecule has 9 nitrogen and oxygen atoms in total. The van der Waals surface area contributed by atoms with Crippen LogP contribution in [-0.4, -0.2) is 56.3 Å². The predicted octanol–water partition coefficient (Wildman–Crippen LogP) is 3.18. The fourth-order valence-corrected chi connectivity index (χ4v) is 4.75. The molecule has 1 unspecified atom stereocenters. The first-order chi connectivity index (χ1) is 16.4. The van der Waals surface area contributed by atoms with Gasteiger partial charge in [-0.3, -0.25) is 9.80 Å². The summed E-state index contributed by atoms with van der Waals surface area (Å²) in [6.07, 6.45) is 3.07. The van der Waals surface area contributed by atoms with Crippen LogP contribution < -0.4 is 5.32 Å². The highest BCUT2D eigenvalue weighted by Gasteiger charge is 2.44. The van der Waals surface area contributed by atoms with Gasteiger partial charge in [0.2, 0.25) is 12.1 Å². The third kappa shape index (κ3) is 4.62. The van der Waals surface area contributed by atoms with Crippen LogP contribution in [0.5, 0.6) is 5.75 Å². The number of amides is 2. The summed E-state index contributed by atoms with van der Waals surface area (Å²) in [5.74, 6) is 0.344. The molecular weight excluding hydrogens is 434 g/mol. The Hall–Kier alpha value is -4.19. The number of phenolic OH excluding ortho intramolecular Hbond substituents is 1. The van der Waals surface area contributed by atoms with E-state index in [-0.39, 0.29) is 24.2 Å². The molecule has 0 radical (unpaired) electrons. The van der Waals surface area contributed by atoms with Gasteiger partial charge in [0.15, 0.2) is 0 Å². The van der Waals surface area contributed by atoms with Gasteiger partial charge in [0.05, 0.1) is 6.04 Å². The maximum absolute atomic E-state index is 12.3. The van der Waals surface area contributed by atoms with Gasteiger partial charge in [-0.25, -0.2) is 9.80 Å². The molecule has 2 heterocycles. The number of benzene rings is 2. The summed E-state index contributed by atoms with van der Waals surface area (Å²) in [6, 6.07) is 15.6. The van der Waals surface area contributed by atoms with Crippen LogP contribution in [0.1, 0.15) is 36.9 Å². The van der Waals surface area contributed by atoms with Crippen molar-refractivity contribution in [3.63, 3.8) is 0 Å². The largest absolute Gasteiger partial charge is 0.508 e. The number of aromatic hydroxyl groups is 1. The van der Waals surface area contributed by atoms with Crippen molar-refractivity contribution in [2.75, 3.05) is 13.1 Å². The number of nitriles is 1. The molecule has 2 atom stereocenters. The smallest absolute Gasteiger partial charge is 0.407 e. The molecule has 2 aromatic carbocycles. The van der Waals surface area contributed by atoms with E-state index in [0.717, 1.165) is 16.7 Å². The molecule has 0 spiro atoms. The van der Waals surface area contributed by atoms with Crippen LogP contribution in [0.2, 0.25) is 0 Å². The van der Waals surface area contributed by atoms with E-state index in [9.17, 15) is 25.1 Å². The summed E-state index contributed by atoms with van der Waals surface area (Å²) in [4.78, 5) is 25.3.